The standard InChI is InChI=1S/C26H31F2N7O/c1-14(2)26(21-13-31-12-20(32-21)25-33-22(34-35-25)10-15(3)36)9-5-6-16(24(26)30)11-19(29)23-17(27)7-4-8-18(23)28/h4,7-8,11-15,36H,5-6,9-10,29-30H2,1-3H3,(H,33,34,35)/b19-11-/t15-,26+/m1/s1. The van der Waals surface area contributed by atoms with E-state index < -0.39 is 23.2 Å². The summed E-state index contributed by atoms with van der Waals surface area (Å²) in [5, 5.41) is 16.7. The van der Waals surface area contributed by atoms with Crippen LogP contribution in [0.1, 0.15) is 57.1 Å². The van der Waals surface area contributed by atoms with Crippen LogP contribution < -0.4 is 11.5 Å². The minimum Gasteiger partial charge on any atom is -0.401 e. The molecule has 1 aliphatic rings. The van der Waals surface area contributed by atoms with E-state index in [4.69, 9.17) is 16.5 Å². The van der Waals surface area contributed by atoms with Gasteiger partial charge in [-0.2, -0.15) is 5.10 Å². The van der Waals surface area contributed by atoms with Crippen molar-refractivity contribution in [2.75, 3.05) is 0 Å². The van der Waals surface area contributed by atoms with Crippen molar-refractivity contribution >= 4 is 5.70 Å². The molecule has 8 nitrogen and oxygen atoms in total. The van der Waals surface area contributed by atoms with E-state index in [1.807, 2.05) is 0 Å². The van der Waals surface area contributed by atoms with Crippen molar-refractivity contribution in [1.82, 2.24) is 25.1 Å². The molecule has 0 radical (unpaired) electrons. The quantitative estimate of drug-likeness (QED) is 0.391. The average molecular weight is 496 g/mol. The second-order valence-corrected chi connectivity index (χ2v) is 9.56. The van der Waals surface area contributed by atoms with Gasteiger partial charge in [0.2, 0.25) is 5.82 Å². The van der Waals surface area contributed by atoms with Crippen LogP contribution in [0.4, 0.5) is 8.78 Å². The number of nitrogens with one attached hydrogen (secondary N) is 1. The van der Waals surface area contributed by atoms with E-state index in [0.29, 0.717) is 41.6 Å². The number of nitrogens with zero attached hydrogens (tertiary/aromatic N) is 4. The Labute approximate surface area is 208 Å². The first-order valence-electron chi connectivity index (χ1n) is 12.0. The Bertz CT molecular complexity index is 1290. The van der Waals surface area contributed by atoms with Gasteiger partial charge in [0.25, 0.3) is 0 Å². The highest BCUT2D eigenvalue weighted by atomic mass is 19.1. The van der Waals surface area contributed by atoms with Crippen LogP contribution in [0, 0.1) is 17.6 Å². The van der Waals surface area contributed by atoms with Gasteiger partial charge in [-0.25, -0.2) is 18.7 Å². The number of hydrogen-bond donors (Lipinski definition) is 4. The third kappa shape index (κ3) is 4.73. The van der Waals surface area contributed by atoms with Crippen molar-refractivity contribution in [1.29, 1.82) is 0 Å². The van der Waals surface area contributed by atoms with Crippen LogP contribution in [0.5, 0.6) is 0 Å². The van der Waals surface area contributed by atoms with E-state index in [-0.39, 0.29) is 17.2 Å². The third-order valence-electron chi connectivity index (χ3n) is 6.75. The predicted molar refractivity (Wildman–Crippen MR) is 133 cm³/mol. The molecule has 0 aliphatic heterocycles. The molecule has 4 rings (SSSR count). The molecule has 3 aromatic rings. The van der Waals surface area contributed by atoms with Crippen molar-refractivity contribution < 1.29 is 13.9 Å². The Kier molecular flexibility index (Phi) is 7.16. The van der Waals surface area contributed by atoms with Crippen LogP contribution in [0.2, 0.25) is 0 Å². The number of allylic oxidation sites excluding steroid dienone is 3. The van der Waals surface area contributed by atoms with Crippen molar-refractivity contribution in [2.24, 2.45) is 17.4 Å². The molecule has 10 heteroatoms. The van der Waals surface area contributed by atoms with Gasteiger partial charge >= 0.3 is 0 Å². The molecule has 0 spiro atoms. The van der Waals surface area contributed by atoms with E-state index in [9.17, 15) is 13.9 Å². The number of aromatic amines is 1. The summed E-state index contributed by atoms with van der Waals surface area (Å²) in [6.45, 7) is 5.79. The van der Waals surface area contributed by atoms with Gasteiger partial charge in [-0.15, -0.1) is 0 Å². The molecule has 0 fully saturated rings. The molecule has 0 saturated carbocycles. The molecular weight excluding hydrogens is 464 g/mol. The normalized spacial score (nSPS) is 19.7. The Morgan fingerprint density at radius 2 is 1.92 bits per heavy atom. The smallest absolute Gasteiger partial charge is 0.201 e. The Morgan fingerprint density at radius 3 is 2.58 bits per heavy atom. The number of nitrogens with two attached hydrogens (primary N) is 2. The zero-order valence-electron chi connectivity index (χ0n) is 20.6. The maximum Gasteiger partial charge on any atom is 0.201 e. The molecule has 36 heavy (non-hydrogen) atoms. The molecule has 0 saturated heterocycles. The summed E-state index contributed by atoms with van der Waals surface area (Å²) in [5.74, 6) is -0.499. The Hall–Kier alpha value is -3.66. The van der Waals surface area contributed by atoms with Gasteiger partial charge in [-0.3, -0.25) is 10.1 Å². The number of aliphatic hydroxyl groups excluding tert-OH is 1. The number of halogens is 2. The minimum absolute atomic E-state index is 0.0192. The topological polar surface area (TPSA) is 140 Å². The fourth-order valence-electron chi connectivity index (χ4n) is 4.93. The number of H-pyrrole nitrogens is 1. The van der Waals surface area contributed by atoms with Gasteiger partial charge in [0.05, 0.1) is 29.0 Å². The molecule has 1 aliphatic carbocycles. The van der Waals surface area contributed by atoms with Gasteiger partial charge < -0.3 is 16.6 Å². The van der Waals surface area contributed by atoms with E-state index in [1.54, 1.807) is 25.4 Å². The average Bonchev–Trinajstić information content (AvgIpc) is 3.28. The van der Waals surface area contributed by atoms with Crippen LogP contribution in [-0.4, -0.2) is 36.4 Å². The maximum absolute atomic E-state index is 14.3. The fraction of sp³-hybridized carbons (Fsp3) is 0.385. The SMILES string of the molecule is CC(C)[C@]1(c2cncc(-c3n[nH]c(C[C@@H](C)O)n3)n2)CCCC(/C=C(\N)c2c(F)cccc2F)=C1N. The molecule has 0 unspecified atom stereocenters. The lowest BCUT2D eigenvalue weighted by Gasteiger charge is -2.41. The van der Waals surface area contributed by atoms with Gasteiger partial charge in [-0.05, 0) is 55.9 Å². The summed E-state index contributed by atoms with van der Waals surface area (Å²) in [7, 11) is 0. The monoisotopic (exact) mass is 495 g/mol. The number of benzene rings is 1. The molecule has 2 atom stereocenters. The molecule has 1 aromatic carbocycles. The van der Waals surface area contributed by atoms with E-state index in [0.717, 1.165) is 18.4 Å². The highest BCUT2D eigenvalue weighted by Crippen LogP contribution is 2.46. The zero-order valence-corrected chi connectivity index (χ0v) is 20.6. The Balaban J connectivity index is 1.78. The molecular formula is C26H31F2N7O. The number of rotatable bonds is 7. The molecule has 0 bridgehead atoms. The number of aromatic nitrogens is 5. The highest BCUT2D eigenvalue weighted by molar-refractivity contribution is 5.67. The van der Waals surface area contributed by atoms with Crippen LogP contribution in [0.25, 0.3) is 17.2 Å². The lowest BCUT2D eigenvalue weighted by molar-refractivity contribution is 0.193. The summed E-state index contributed by atoms with van der Waals surface area (Å²) in [6, 6.07) is 3.65. The summed E-state index contributed by atoms with van der Waals surface area (Å²) >= 11 is 0. The summed E-state index contributed by atoms with van der Waals surface area (Å²) in [4.78, 5) is 13.7. The molecule has 2 aromatic heterocycles. The maximum atomic E-state index is 14.3. The van der Waals surface area contributed by atoms with Crippen LogP contribution in [0.15, 0.2) is 47.9 Å². The van der Waals surface area contributed by atoms with Crippen LogP contribution in [0.3, 0.4) is 0 Å². The largest absolute Gasteiger partial charge is 0.401 e. The summed E-state index contributed by atoms with van der Waals surface area (Å²) < 4.78 is 28.6. The van der Waals surface area contributed by atoms with E-state index in [2.05, 4.69) is 34.0 Å². The first-order chi connectivity index (χ1) is 17.1. The number of hydrogen-bond acceptors (Lipinski definition) is 7. The molecule has 2 heterocycles. The fourth-order valence-corrected chi connectivity index (χ4v) is 4.93. The first-order valence-corrected chi connectivity index (χ1v) is 12.0. The second kappa shape index (κ2) is 10.1. The van der Waals surface area contributed by atoms with E-state index in [1.165, 1.54) is 18.2 Å². The lowest BCUT2D eigenvalue weighted by atomic mass is 9.64. The van der Waals surface area contributed by atoms with Crippen molar-refractivity contribution in [3.8, 4) is 11.5 Å². The third-order valence-corrected chi connectivity index (χ3v) is 6.75. The van der Waals surface area contributed by atoms with Crippen molar-refractivity contribution in [3.05, 3.63) is 76.7 Å². The van der Waals surface area contributed by atoms with Crippen LogP contribution >= 0.6 is 0 Å². The highest BCUT2D eigenvalue weighted by Gasteiger charge is 2.43. The van der Waals surface area contributed by atoms with Crippen molar-refractivity contribution in [3.63, 3.8) is 0 Å². The summed E-state index contributed by atoms with van der Waals surface area (Å²) in [6.07, 6.45) is 6.74. The molecule has 190 valence electrons. The van der Waals surface area contributed by atoms with Gasteiger partial charge in [0.1, 0.15) is 23.2 Å². The minimum atomic E-state index is -0.728. The first kappa shape index (κ1) is 25.4. The number of aliphatic hydroxyl groups is 1. The lowest BCUT2D eigenvalue weighted by Crippen LogP contribution is -2.42. The van der Waals surface area contributed by atoms with Gasteiger partial charge in [0, 0.05) is 24.0 Å². The van der Waals surface area contributed by atoms with Gasteiger partial charge in [-0.1, -0.05) is 19.9 Å². The summed E-state index contributed by atoms with van der Waals surface area (Å²) in [5.41, 5.74) is 14.4. The predicted octanol–water partition coefficient (Wildman–Crippen LogP) is 3.75. The zero-order chi connectivity index (χ0) is 26.0. The van der Waals surface area contributed by atoms with Gasteiger partial charge in [0.15, 0.2) is 0 Å². The molecule has 6 N–H and O–H groups in total. The molecule has 0 amide bonds. The van der Waals surface area contributed by atoms with Crippen molar-refractivity contribution in [2.45, 2.75) is 58.0 Å². The Morgan fingerprint density at radius 1 is 1.19 bits per heavy atom. The van der Waals surface area contributed by atoms with Crippen LogP contribution in [-0.2, 0) is 11.8 Å². The second-order valence-electron chi connectivity index (χ2n) is 9.56. The van der Waals surface area contributed by atoms with E-state index >= 15 is 0 Å².